The monoisotopic (exact) mass is 370 g/mol. The third kappa shape index (κ3) is 4.13. The first-order valence-electron chi connectivity index (χ1n) is 9.56. The molecule has 2 aromatic rings. The molecule has 0 bridgehead atoms. The zero-order valence-electron chi connectivity index (χ0n) is 15.8. The maximum absolute atomic E-state index is 11.2. The third-order valence-corrected chi connectivity index (χ3v) is 5.54. The number of aryl methyl sites for hydroxylation is 1. The lowest BCUT2D eigenvalue weighted by Crippen LogP contribution is -2.52. The number of ether oxygens (including phenoxy) is 1. The van der Waals surface area contributed by atoms with E-state index in [-0.39, 0.29) is 6.54 Å². The van der Waals surface area contributed by atoms with Crippen molar-refractivity contribution in [2.24, 2.45) is 5.92 Å². The van der Waals surface area contributed by atoms with E-state index in [9.17, 15) is 9.90 Å². The summed E-state index contributed by atoms with van der Waals surface area (Å²) in [5.41, 5.74) is 2.52. The molecule has 0 atom stereocenters. The quantitative estimate of drug-likeness (QED) is 0.739. The minimum atomic E-state index is -0.737. The summed E-state index contributed by atoms with van der Waals surface area (Å²) in [7, 11) is 1.64. The molecular formula is C20H26N4O3. The van der Waals surface area contributed by atoms with Crippen LogP contribution in [0.3, 0.4) is 0 Å². The SMILES string of the molecule is COc1ccc2nc(NC3CC(N(CC(=O)O)CC4CC4)C3)c(C)nc2c1. The second-order valence-electron chi connectivity index (χ2n) is 7.75. The molecule has 1 aromatic heterocycles. The first-order chi connectivity index (χ1) is 13.0. The number of anilines is 1. The van der Waals surface area contributed by atoms with Gasteiger partial charge in [0.25, 0.3) is 0 Å². The molecule has 2 aliphatic rings. The van der Waals surface area contributed by atoms with Crippen LogP contribution in [0, 0.1) is 12.8 Å². The highest BCUT2D eigenvalue weighted by molar-refractivity contribution is 5.78. The summed E-state index contributed by atoms with van der Waals surface area (Å²) in [5, 5.41) is 12.7. The first kappa shape index (κ1) is 18.0. The summed E-state index contributed by atoms with van der Waals surface area (Å²) in [4.78, 5) is 22.7. The average molecular weight is 370 g/mol. The molecule has 0 radical (unpaired) electrons. The zero-order chi connectivity index (χ0) is 19.0. The van der Waals surface area contributed by atoms with E-state index in [1.807, 2.05) is 25.1 Å². The minimum absolute atomic E-state index is 0.143. The van der Waals surface area contributed by atoms with Gasteiger partial charge in [-0.15, -0.1) is 0 Å². The summed E-state index contributed by atoms with van der Waals surface area (Å²) in [5.74, 6) is 1.54. The topological polar surface area (TPSA) is 87.6 Å². The van der Waals surface area contributed by atoms with Gasteiger partial charge in [0.2, 0.25) is 0 Å². The van der Waals surface area contributed by atoms with Crippen molar-refractivity contribution in [2.75, 3.05) is 25.5 Å². The minimum Gasteiger partial charge on any atom is -0.497 e. The van der Waals surface area contributed by atoms with E-state index >= 15 is 0 Å². The van der Waals surface area contributed by atoms with Crippen LogP contribution in [0.2, 0.25) is 0 Å². The van der Waals surface area contributed by atoms with Crippen molar-refractivity contribution < 1.29 is 14.6 Å². The third-order valence-electron chi connectivity index (χ3n) is 5.54. The highest BCUT2D eigenvalue weighted by Crippen LogP contribution is 2.35. The summed E-state index contributed by atoms with van der Waals surface area (Å²) in [6, 6.07) is 6.35. The largest absolute Gasteiger partial charge is 0.497 e. The van der Waals surface area contributed by atoms with Crippen molar-refractivity contribution in [3.63, 3.8) is 0 Å². The van der Waals surface area contributed by atoms with Gasteiger partial charge in [0.05, 0.1) is 30.4 Å². The predicted molar refractivity (Wildman–Crippen MR) is 103 cm³/mol. The van der Waals surface area contributed by atoms with Crippen molar-refractivity contribution in [2.45, 2.75) is 44.7 Å². The molecule has 0 spiro atoms. The first-order valence-corrected chi connectivity index (χ1v) is 9.56. The number of rotatable bonds is 8. The van der Waals surface area contributed by atoms with Crippen molar-refractivity contribution in [1.82, 2.24) is 14.9 Å². The number of carbonyl (C=O) groups is 1. The number of nitrogens with zero attached hydrogens (tertiary/aromatic N) is 3. The number of hydrogen-bond acceptors (Lipinski definition) is 6. The molecule has 7 nitrogen and oxygen atoms in total. The van der Waals surface area contributed by atoms with Crippen molar-refractivity contribution in [3.8, 4) is 5.75 Å². The van der Waals surface area contributed by atoms with E-state index in [1.54, 1.807) is 7.11 Å². The fourth-order valence-electron chi connectivity index (χ4n) is 3.73. The Bertz CT molecular complexity index is 846. The fourth-order valence-corrected chi connectivity index (χ4v) is 3.73. The molecular weight excluding hydrogens is 344 g/mol. The maximum atomic E-state index is 11.2. The van der Waals surface area contributed by atoms with Gasteiger partial charge in [-0.1, -0.05) is 0 Å². The Morgan fingerprint density at radius 2 is 2.07 bits per heavy atom. The Balaban J connectivity index is 1.40. The second-order valence-corrected chi connectivity index (χ2v) is 7.75. The van der Waals surface area contributed by atoms with E-state index in [0.717, 1.165) is 47.7 Å². The van der Waals surface area contributed by atoms with Crippen LogP contribution < -0.4 is 10.1 Å². The Kier molecular flexibility index (Phi) is 4.86. The molecule has 0 aliphatic heterocycles. The molecule has 27 heavy (non-hydrogen) atoms. The van der Waals surface area contributed by atoms with Gasteiger partial charge in [0.15, 0.2) is 0 Å². The lowest BCUT2D eigenvalue weighted by Gasteiger charge is -2.43. The van der Waals surface area contributed by atoms with Crippen LogP contribution in [-0.4, -0.2) is 58.2 Å². The summed E-state index contributed by atoms with van der Waals surface area (Å²) < 4.78 is 5.25. The number of benzene rings is 1. The van der Waals surface area contributed by atoms with Crippen molar-refractivity contribution >= 4 is 22.8 Å². The number of hydrogen-bond donors (Lipinski definition) is 2. The molecule has 4 rings (SSSR count). The molecule has 2 saturated carbocycles. The predicted octanol–water partition coefficient (Wildman–Crippen LogP) is 2.69. The number of carboxylic acid groups (broad SMARTS) is 1. The van der Waals surface area contributed by atoms with E-state index in [2.05, 4.69) is 15.2 Å². The number of carboxylic acids is 1. The number of nitrogens with one attached hydrogen (secondary N) is 1. The van der Waals surface area contributed by atoms with Crippen LogP contribution in [0.15, 0.2) is 18.2 Å². The molecule has 0 saturated heterocycles. The normalized spacial score (nSPS) is 21.9. The van der Waals surface area contributed by atoms with Gasteiger partial charge < -0.3 is 15.2 Å². The number of fused-ring (bicyclic) bond motifs is 1. The highest BCUT2D eigenvalue weighted by atomic mass is 16.5. The molecule has 1 aromatic carbocycles. The van der Waals surface area contributed by atoms with Crippen molar-refractivity contribution in [3.05, 3.63) is 23.9 Å². The zero-order valence-corrected chi connectivity index (χ0v) is 15.8. The van der Waals surface area contributed by atoms with Crippen LogP contribution in [0.1, 0.15) is 31.4 Å². The summed E-state index contributed by atoms with van der Waals surface area (Å²) in [6.45, 7) is 3.01. The van der Waals surface area contributed by atoms with Gasteiger partial charge in [-0.2, -0.15) is 0 Å². The van der Waals surface area contributed by atoms with E-state index in [0.29, 0.717) is 18.0 Å². The highest BCUT2D eigenvalue weighted by Gasteiger charge is 2.37. The molecule has 0 unspecified atom stereocenters. The van der Waals surface area contributed by atoms with Gasteiger partial charge in [0.1, 0.15) is 11.6 Å². The maximum Gasteiger partial charge on any atom is 0.317 e. The van der Waals surface area contributed by atoms with Gasteiger partial charge in [0, 0.05) is 24.7 Å². The number of aliphatic carboxylic acids is 1. The second kappa shape index (κ2) is 7.31. The molecule has 2 aliphatic carbocycles. The summed E-state index contributed by atoms with van der Waals surface area (Å²) >= 11 is 0. The van der Waals surface area contributed by atoms with Crippen LogP contribution in [0.5, 0.6) is 5.75 Å². The number of aromatic nitrogens is 2. The smallest absolute Gasteiger partial charge is 0.317 e. The molecule has 1 heterocycles. The van der Waals surface area contributed by atoms with Crippen LogP contribution in [-0.2, 0) is 4.79 Å². The number of methoxy groups -OCH3 is 1. The molecule has 7 heteroatoms. The van der Waals surface area contributed by atoms with E-state index in [1.165, 1.54) is 12.8 Å². The Morgan fingerprint density at radius 1 is 1.30 bits per heavy atom. The Hall–Kier alpha value is -2.41. The molecule has 144 valence electrons. The average Bonchev–Trinajstić information content (AvgIpc) is 3.40. The van der Waals surface area contributed by atoms with E-state index < -0.39 is 5.97 Å². The fraction of sp³-hybridized carbons (Fsp3) is 0.550. The molecule has 0 amide bonds. The Morgan fingerprint density at radius 3 is 2.74 bits per heavy atom. The van der Waals surface area contributed by atoms with Crippen LogP contribution in [0.4, 0.5) is 5.82 Å². The van der Waals surface area contributed by atoms with Gasteiger partial charge in [-0.05, 0) is 50.7 Å². The van der Waals surface area contributed by atoms with Gasteiger partial charge >= 0.3 is 5.97 Å². The van der Waals surface area contributed by atoms with Gasteiger partial charge in [-0.25, -0.2) is 9.97 Å². The van der Waals surface area contributed by atoms with Crippen LogP contribution >= 0.6 is 0 Å². The Labute approximate surface area is 158 Å². The lowest BCUT2D eigenvalue weighted by atomic mass is 9.85. The van der Waals surface area contributed by atoms with Crippen molar-refractivity contribution in [1.29, 1.82) is 0 Å². The summed E-state index contributed by atoms with van der Waals surface area (Å²) in [6.07, 6.45) is 4.37. The molecule has 2 N–H and O–H groups in total. The lowest BCUT2D eigenvalue weighted by molar-refractivity contribution is -0.139. The standard InChI is InChI=1S/C20H26N4O3/c1-12-20(23-17-6-5-16(27-2)9-18(17)21-12)22-14-7-15(8-14)24(11-19(25)26)10-13-3-4-13/h5-6,9,13-15H,3-4,7-8,10-11H2,1-2H3,(H,22,23)(H,25,26). The van der Waals surface area contributed by atoms with E-state index in [4.69, 9.17) is 9.72 Å². The van der Waals surface area contributed by atoms with Gasteiger partial charge in [-0.3, -0.25) is 9.69 Å². The molecule has 2 fully saturated rings. The van der Waals surface area contributed by atoms with Crippen LogP contribution in [0.25, 0.3) is 11.0 Å².